The average Bonchev–Trinajstić information content (AvgIpc) is 1.69. The first-order valence-corrected chi connectivity index (χ1v) is 4.20. The van der Waals surface area contributed by atoms with Crippen LogP contribution in [0.1, 0.15) is 13.8 Å². The molecule has 0 saturated heterocycles. The molecular formula is C6H14S2. The molecule has 0 unspecified atom stereocenters. The first-order chi connectivity index (χ1) is 3.72. The third-order valence-corrected chi connectivity index (χ3v) is 2.35. The van der Waals surface area contributed by atoms with Crippen LogP contribution in [0.3, 0.4) is 0 Å². The van der Waals surface area contributed by atoms with Crippen LogP contribution in [-0.4, -0.2) is 11.5 Å². The van der Waals surface area contributed by atoms with Gasteiger partial charge in [-0.3, -0.25) is 0 Å². The Hall–Kier alpha value is 0.700. The molecule has 0 rings (SSSR count). The van der Waals surface area contributed by atoms with E-state index < -0.39 is 0 Å². The van der Waals surface area contributed by atoms with Crippen molar-refractivity contribution in [1.29, 1.82) is 0 Å². The predicted molar refractivity (Wildman–Crippen MR) is 46.0 cm³/mol. The van der Waals surface area contributed by atoms with Crippen molar-refractivity contribution in [2.75, 3.05) is 11.5 Å². The van der Waals surface area contributed by atoms with E-state index in [4.69, 9.17) is 0 Å². The van der Waals surface area contributed by atoms with Crippen molar-refractivity contribution in [3.63, 3.8) is 0 Å². The van der Waals surface area contributed by atoms with Crippen LogP contribution in [0.2, 0.25) is 0 Å². The monoisotopic (exact) mass is 150 g/mol. The molecule has 0 atom stereocenters. The Morgan fingerprint density at radius 1 is 1.12 bits per heavy atom. The lowest BCUT2D eigenvalue weighted by atomic mass is 10.0. The maximum absolute atomic E-state index is 4.19. The van der Waals surface area contributed by atoms with E-state index in [1.165, 1.54) is 0 Å². The van der Waals surface area contributed by atoms with Crippen molar-refractivity contribution in [3.8, 4) is 0 Å². The lowest BCUT2D eigenvalue weighted by Gasteiger charge is -2.14. The highest BCUT2D eigenvalue weighted by Gasteiger charge is 2.07. The van der Waals surface area contributed by atoms with E-state index in [-0.39, 0.29) is 0 Å². The minimum Gasteiger partial charge on any atom is -0.179 e. The third kappa shape index (κ3) is 2.88. The molecular weight excluding hydrogens is 136 g/mol. The Balaban J connectivity index is 3.35. The van der Waals surface area contributed by atoms with Gasteiger partial charge in [-0.05, 0) is 23.3 Å². The molecule has 2 heteroatoms. The largest absolute Gasteiger partial charge is 0.179 e. The van der Waals surface area contributed by atoms with E-state index in [0.29, 0.717) is 5.92 Å². The van der Waals surface area contributed by atoms with Crippen molar-refractivity contribution < 1.29 is 0 Å². The lowest BCUT2D eigenvalue weighted by Crippen LogP contribution is -2.11. The lowest BCUT2D eigenvalue weighted by molar-refractivity contribution is 0.474. The van der Waals surface area contributed by atoms with Crippen molar-refractivity contribution >= 4 is 25.3 Å². The predicted octanol–water partition coefficient (Wildman–Crippen LogP) is 2.12. The zero-order chi connectivity index (χ0) is 6.57. The van der Waals surface area contributed by atoms with Crippen LogP contribution in [0, 0.1) is 11.8 Å². The van der Waals surface area contributed by atoms with Gasteiger partial charge >= 0.3 is 0 Å². The van der Waals surface area contributed by atoms with Gasteiger partial charge in [-0.1, -0.05) is 13.8 Å². The van der Waals surface area contributed by atoms with Gasteiger partial charge in [-0.2, -0.15) is 25.3 Å². The zero-order valence-electron chi connectivity index (χ0n) is 5.46. The third-order valence-electron chi connectivity index (χ3n) is 1.41. The standard InChI is InChI=1S/C6H14S2/c1-5(2)6(3-7)4-8/h5-8H,3-4H2,1-2H3. The van der Waals surface area contributed by atoms with Crippen molar-refractivity contribution in [3.05, 3.63) is 0 Å². The van der Waals surface area contributed by atoms with Gasteiger partial charge in [-0.25, -0.2) is 0 Å². The Morgan fingerprint density at radius 3 is 1.50 bits per heavy atom. The molecule has 0 bridgehead atoms. The molecule has 0 nitrogen and oxygen atoms in total. The van der Waals surface area contributed by atoms with Gasteiger partial charge in [-0.15, -0.1) is 0 Å². The summed E-state index contributed by atoms with van der Waals surface area (Å²) < 4.78 is 0. The zero-order valence-corrected chi connectivity index (χ0v) is 7.25. The molecule has 8 heavy (non-hydrogen) atoms. The van der Waals surface area contributed by atoms with E-state index in [9.17, 15) is 0 Å². The summed E-state index contributed by atoms with van der Waals surface area (Å²) in [6.07, 6.45) is 0. The highest BCUT2D eigenvalue weighted by Crippen LogP contribution is 2.12. The highest BCUT2D eigenvalue weighted by molar-refractivity contribution is 7.81. The van der Waals surface area contributed by atoms with E-state index in [0.717, 1.165) is 17.4 Å². The van der Waals surface area contributed by atoms with Crippen LogP contribution in [0.15, 0.2) is 0 Å². The summed E-state index contributed by atoms with van der Waals surface area (Å²) in [7, 11) is 0. The summed E-state index contributed by atoms with van der Waals surface area (Å²) in [4.78, 5) is 0. The fraction of sp³-hybridized carbons (Fsp3) is 1.00. The first kappa shape index (κ1) is 8.70. The first-order valence-electron chi connectivity index (χ1n) is 2.94. The molecule has 0 heterocycles. The fourth-order valence-corrected chi connectivity index (χ4v) is 1.78. The van der Waals surface area contributed by atoms with E-state index in [1.54, 1.807) is 0 Å². The second-order valence-corrected chi connectivity index (χ2v) is 3.10. The molecule has 0 aromatic carbocycles. The summed E-state index contributed by atoms with van der Waals surface area (Å²) in [5.74, 6) is 3.33. The van der Waals surface area contributed by atoms with Crippen LogP contribution < -0.4 is 0 Å². The summed E-state index contributed by atoms with van der Waals surface area (Å²) >= 11 is 8.37. The van der Waals surface area contributed by atoms with Crippen LogP contribution in [0.25, 0.3) is 0 Å². The van der Waals surface area contributed by atoms with Crippen molar-refractivity contribution in [2.24, 2.45) is 11.8 Å². The maximum atomic E-state index is 4.19. The Bertz CT molecular complexity index is 48.5. The van der Waals surface area contributed by atoms with Crippen LogP contribution >= 0.6 is 25.3 Å². The molecule has 0 aliphatic rings. The molecule has 0 amide bonds. The Kier molecular flexibility index (Phi) is 4.97. The molecule has 0 fully saturated rings. The molecule has 0 saturated carbocycles. The topological polar surface area (TPSA) is 0 Å². The molecule has 0 N–H and O–H groups in total. The van der Waals surface area contributed by atoms with Gasteiger partial charge in [0.2, 0.25) is 0 Å². The highest BCUT2D eigenvalue weighted by atomic mass is 32.1. The Morgan fingerprint density at radius 2 is 1.50 bits per heavy atom. The average molecular weight is 150 g/mol. The molecule has 0 spiro atoms. The summed E-state index contributed by atoms with van der Waals surface area (Å²) in [5, 5.41) is 0. The number of hydrogen-bond acceptors (Lipinski definition) is 2. The van der Waals surface area contributed by atoms with Gasteiger partial charge in [0.1, 0.15) is 0 Å². The van der Waals surface area contributed by atoms with Gasteiger partial charge in [0, 0.05) is 0 Å². The van der Waals surface area contributed by atoms with Gasteiger partial charge in [0.25, 0.3) is 0 Å². The minimum atomic E-state index is 0.682. The van der Waals surface area contributed by atoms with Crippen molar-refractivity contribution in [2.45, 2.75) is 13.8 Å². The van der Waals surface area contributed by atoms with E-state index in [1.807, 2.05) is 0 Å². The fourth-order valence-electron chi connectivity index (χ4n) is 0.479. The minimum absolute atomic E-state index is 0.682. The second kappa shape index (κ2) is 4.57. The smallest absolute Gasteiger partial charge is 0.00593 e. The van der Waals surface area contributed by atoms with Gasteiger partial charge < -0.3 is 0 Å². The van der Waals surface area contributed by atoms with Crippen LogP contribution in [0.5, 0.6) is 0 Å². The molecule has 0 aromatic rings. The van der Waals surface area contributed by atoms with E-state index in [2.05, 4.69) is 39.1 Å². The Labute approximate surface area is 62.9 Å². The quantitative estimate of drug-likeness (QED) is 0.566. The van der Waals surface area contributed by atoms with Crippen LogP contribution in [0.4, 0.5) is 0 Å². The normalized spacial score (nSPS) is 11.2. The van der Waals surface area contributed by atoms with Gasteiger partial charge in [0.15, 0.2) is 0 Å². The SMILES string of the molecule is CC(C)C(CS)CS. The molecule has 0 aromatic heterocycles. The van der Waals surface area contributed by atoms with Gasteiger partial charge in [0.05, 0.1) is 0 Å². The summed E-state index contributed by atoms with van der Waals surface area (Å²) in [5.41, 5.74) is 0. The second-order valence-electron chi connectivity index (χ2n) is 2.37. The van der Waals surface area contributed by atoms with E-state index >= 15 is 0 Å². The summed E-state index contributed by atoms with van der Waals surface area (Å²) in [6, 6.07) is 0. The molecule has 0 aliphatic carbocycles. The summed E-state index contributed by atoms with van der Waals surface area (Å²) in [6.45, 7) is 4.41. The molecule has 0 radical (unpaired) electrons. The molecule has 0 aliphatic heterocycles. The number of hydrogen-bond donors (Lipinski definition) is 2. The number of thiol groups is 2. The van der Waals surface area contributed by atoms with Crippen LogP contribution in [-0.2, 0) is 0 Å². The molecule has 50 valence electrons. The maximum Gasteiger partial charge on any atom is -0.00593 e. The van der Waals surface area contributed by atoms with Crippen molar-refractivity contribution in [1.82, 2.24) is 0 Å². The number of rotatable bonds is 3.